The van der Waals surface area contributed by atoms with Crippen LogP contribution in [-0.4, -0.2) is 34.1 Å². The first kappa shape index (κ1) is 15.9. The van der Waals surface area contributed by atoms with Crippen LogP contribution in [0.1, 0.15) is 35.8 Å². The molecule has 2 heterocycles. The molecule has 3 rings (SSSR count). The SMILES string of the molecule is Nc1nnc(CCC(=O)N2CCC(c3ccccc3F)CC2)s1. The van der Waals surface area contributed by atoms with Crippen LogP contribution in [0.2, 0.25) is 0 Å². The lowest BCUT2D eigenvalue weighted by Gasteiger charge is -2.32. The number of nitrogen functional groups attached to an aromatic ring is 1. The van der Waals surface area contributed by atoms with Crippen LogP contribution >= 0.6 is 11.3 Å². The Morgan fingerprint density at radius 1 is 1.30 bits per heavy atom. The van der Waals surface area contributed by atoms with Gasteiger partial charge in [-0.3, -0.25) is 4.79 Å². The summed E-state index contributed by atoms with van der Waals surface area (Å²) in [4.78, 5) is 14.1. The first-order chi connectivity index (χ1) is 11.1. The summed E-state index contributed by atoms with van der Waals surface area (Å²) in [5.74, 6) is 0.167. The number of aryl methyl sites for hydroxylation is 1. The molecule has 1 fully saturated rings. The van der Waals surface area contributed by atoms with Gasteiger partial charge in [0.2, 0.25) is 11.0 Å². The molecule has 1 saturated heterocycles. The van der Waals surface area contributed by atoms with Crippen molar-refractivity contribution >= 4 is 22.4 Å². The maximum Gasteiger partial charge on any atom is 0.222 e. The third kappa shape index (κ3) is 3.85. The number of piperidine rings is 1. The fourth-order valence-electron chi connectivity index (χ4n) is 2.99. The van der Waals surface area contributed by atoms with Crippen molar-refractivity contribution in [2.45, 2.75) is 31.6 Å². The van der Waals surface area contributed by atoms with E-state index in [0.29, 0.717) is 31.1 Å². The average molecular weight is 334 g/mol. The summed E-state index contributed by atoms with van der Waals surface area (Å²) in [6.45, 7) is 1.35. The van der Waals surface area contributed by atoms with Crippen molar-refractivity contribution in [2.24, 2.45) is 0 Å². The Balaban J connectivity index is 1.50. The van der Waals surface area contributed by atoms with Crippen molar-refractivity contribution in [3.8, 4) is 0 Å². The summed E-state index contributed by atoms with van der Waals surface area (Å²) in [5, 5.41) is 8.89. The summed E-state index contributed by atoms with van der Waals surface area (Å²) in [6, 6.07) is 6.92. The molecule has 0 unspecified atom stereocenters. The lowest BCUT2D eigenvalue weighted by atomic mass is 9.89. The van der Waals surface area contributed by atoms with Crippen molar-refractivity contribution in [1.29, 1.82) is 0 Å². The molecule has 1 amide bonds. The molecule has 0 bridgehead atoms. The highest BCUT2D eigenvalue weighted by Crippen LogP contribution is 2.30. The van der Waals surface area contributed by atoms with E-state index in [4.69, 9.17) is 5.73 Å². The number of anilines is 1. The maximum atomic E-state index is 13.8. The summed E-state index contributed by atoms with van der Waals surface area (Å²) in [6.07, 6.45) is 2.59. The molecule has 0 aliphatic carbocycles. The van der Waals surface area contributed by atoms with Gasteiger partial charge in [0.15, 0.2) is 0 Å². The lowest BCUT2D eigenvalue weighted by Crippen LogP contribution is -2.38. The zero-order valence-corrected chi connectivity index (χ0v) is 13.6. The van der Waals surface area contributed by atoms with Gasteiger partial charge in [-0.05, 0) is 30.4 Å². The quantitative estimate of drug-likeness (QED) is 0.933. The molecule has 2 aromatic rings. The molecule has 2 N–H and O–H groups in total. The molecule has 23 heavy (non-hydrogen) atoms. The fraction of sp³-hybridized carbons (Fsp3) is 0.438. The van der Waals surface area contributed by atoms with E-state index >= 15 is 0 Å². The van der Waals surface area contributed by atoms with E-state index in [1.54, 1.807) is 6.07 Å². The van der Waals surface area contributed by atoms with Gasteiger partial charge in [-0.15, -0.1) is 10.2 Å². The number of aromatic nitrogens is 2. The van der Waals surface area contributed by atoms with E-state index < -0.39 is 0 Å². The molecule has 122 valence electrons. The van der Waals surface area contributed by atoms with Crippen LogP contribution in [0.25, 0.3) is 0 Å². The van der Waals surface area contributed by atoms with Crippen molar-refractivity contribution in [1.82, 2.24) is 15.1 Å². The highest BCUT2D eigenvalue weighted by atomic mass is 32.1. The number of carbonyl (C=O) groups excluding carboxylic acids is 1. The summed E-state index contributed by atoms with van der Waals surface area (Å²) in [7, 11) is 0. The molecule has 1 aliphatic heterocycles. The lowest BCUT2D eigenvalue weighted by molar-refractivity contribution is -0.132. The molecule has 0 atom stereocenters. The highest BCUT2D eigenvalue weighted by molar-refractivity contribution is 7.15. The van der Waals surface area contributed by atoms with Crippen molar-refractivity contribution < 1.29 is 9.18 Å². The second-order valence-electron chi connectivity index (χ2n) is 5.71. The van der Waals surface area contributed by atoms with E-state index in [9.17, 15) is 9.18 Å². The fourth-order valence-corrected chi connectivity index (χ4v) is 3.59. The number of carbonyl (C=O) groups is 1. The van der Waals surface area contributed by atoms with Gasteiger partial charge in [0.05, 0.1) is 0 Å². The van der Waals surface area contributed by atoms with Crippen molar-refractivity contribution in [3.63, 3.8) is 0 Å². The smallest absolute Gasteiger partial charge is 0.222 e. The second kappa shape index (κ2) is 7.04. The second-order valence-corrected chi connectivity index (χ2v) is 6.80. The van der Waals surface area contributed by atoms with Crippen LogP contribution in [0, 0.1) is 5.82 Å². The first-order valence-electron chi connectivity index (χ1n) is 7.73. The molecule has 7 heteroatoms. The predicted octanol–water partition coefficient (Wildman–Crippen LogP) is 2.60. The number of hydrogen-bond acceptors (Lipinski definition) is 5. The Hall–Kier alpha value is -2.02. The summed E-state index contributed by atoms with van der Waals surface area (Å²) < 4.78 is 13.8. The zero-order chi connectivity index (χ0) is 16.2. The number of benzene rings is 1. The van der Waals surface area contributed by atoms with Gasteiger partial charge >= 0.3 is 0 Å². The number of halogens is 1. The molecule has 5 nitrogen and oxygen atoms in total. The Kier molecular flexibility index (Phi) is 4.85. The van der Waals surface area contributed by atoms with Crippen LogP contribution in [0.15, 0.2) is 24.3 Å². The van der Waals surface area contributed by atoms with E-state index in [2.05, 4.69) is 10.2 Å². The number of rotatable bonds is 4. The van der Waals surface area contributed by atoms with Gasteiger partial charge in [-0.1, -0.05) is 29.5 Å². The Bertz CT molecular complexity index is 682. The van der Waals surface area contributed by atoms with Crippen LogP contribution in [-0.2, 0) is 11.2 Å². The Morgan fingerprint density at radius 3 is 2.70 bits per heavy atom. The standard InChI is InChI=1S/C16H19FN4OS/c17-13-4-2-1-3-12(13)11-7-9-21(10-8-11)15(22)6-5-14-19-20-16(18)23-14/h1-4,11H,5-10H2,(H2,18,20). The first-order valence-corrected chi connectivity index (χ1v) is 8.55. The molecule has 0 saturated carbocycles. The number of likely N-dealkylation sites (tertiary alicyclic amines) is 1. The Labute approximate surface area is 138 Å². The van der Waals surface area contributed by atoms with Gasteiger partial charge in [0.1, 0.15) is 10.8 Å². The third-order valence-electron chi connectivity index (χ3n) is 4.23. The predicted molar refractivity (Wildman–Crippen MR) is 87.6 cm³/mol. The van der Waals surface area contributed by atoms with Gasteiger partial charge in [-0.25, -0.2) is 4.39 Å². The normalized spacial score (nSPS) is 15.8. The van der Waals surface area contributed by atoms with Gasteiger partial charge in [0, 0.05) is 25.9 Å². The molecule has 0 spiro atoms. The maximum absolute atomic E-state index is 13.8. The Morgan fingerprint density at radius 2 is 2.04 bits per heavy atom. The minimum absolute atomic E-state index is 0.116. The summed E-state index contributed by atoms with van der Waals surface area (Å²) in [5.41, 5.74) is 6.30. The number of amides is 1. The minimum Gasteiger partial charge on any atom is -0.374 e. The molecule has 1 aliphatic rings. The average Bonchev–Trinajstić information content (AvgIpc) is 2.99. The van der Waals surface area contributed by atoms with Crippen molar-refractivity contribution in [3.05, 3.63) is 40.7 Å². The van der Waals surface area contributed by atoms with E-state index in [0.717, 1.165) is 23.4 Å². The van der Waals surface area contributed by atoms with E-state index in [1.165, 1.54) is 17.4 Å². The van der Waals surface area contributed by atoms with Crippen LogP contribution in [0.4, 0.5) is 9.52 Å². The van der Waals surface area contributed by atoms with Crippen LogP contribution in [0.5, 0.6) is 0 Å². The van der Waals surface area contributed by atoms with E-state index in [-0.39, 0.29) is 17.6 Å². The molecule has 1 aromatic carbocycles. The van der Waals surface area contributed by atoms with Gasteiger partial charge in [0.25, 0.3) is 0 Å². The minimum atomic E-state index is -0.147. The summed E-state index contributed by atoms with van der Waals surface area (Å²) >= 11 is 1.32. The number of nitrogens with zero attached hydrogens (tertiary/aromatic N) is 3. The van der Waals surface area contributed by atoms with Gasteiger partial charge in [-0.2, -0.15) is 0 Å². The number of hydrogen-bond donors (Lipinski definition) is 1. The topological polar surface area (TPSA) is 72.1 Å². The number of nitrogens with two attached hydrogens (primary N) is 1. The zero-order valence-electron chi connectivity index (χ0n) is 12.7. The molecular formula is C16H19FN4OS. The van der Waals surface area contributed by atoms with Crippen LogP contribution < -0.4 is 5.73 Å². The van der Waals surface area contributed by atoms with E-state index in [1.807, 2.05) is 17.0 Å². The molecule has 1 aromatic heterocycles. The molecule has 0 radical (unpaired) electrons. The largest absolute Gasteiger partial charge is 0.374 e. The van der Waals surface area contributed by atoms with Crippen molar-refractivity contribution in [2.75, 3.05) is 18.8 Å². The van der Waals surface area contributed by atoms with Crippen LogP contribution in [0.3, 0.4) is 0 Å². The third-order valence-corrected chi connectivity index (χ3v) is 5.04. The molecular weight excluding hydrogens is 315 g/mol. The highest BCUT2D eigenvalue weighted by Gasteiger charge is 2.25. The monoisotopic (exact) mass is 334 g/mol. The van der Waals surface area contributed by atoms with Gasteiger partial charge < -0.3 is 10.6 Å².